The molecule has 172 valence electrons. The van der Waals surface area contributed by atoms with Crippen molar-refractivity contribution in [2.24, 2.45) is 0 Å². The maximum atomic E-state index is 13.2. The van der Waals surface area contributed by atoms with Crippen LogP contribution in [0.15, 0.2) is 60.7 Å². The first kappa shape index (κ1) is 26.0. The molecule has 2 amide bonds. The van der Waals surface area contributed by atoms with Crippen LogP contribution in [0.25, 0.3) is 0 Å². The van der Waals surface area contributed by atoms with Gasteiger partial charge in [0.2, 0.25) is 5.91 Å². The fourth-order valence-corrected chi connectivity index (χ4v) is 4.54. The van der Waals surface area contributed by atoms with E-state index in [2.05, 4.69) is 10.6 Å². The summed E-state index contributed by atoms with van der Waals surface area (Å²) in [5, 5.41) is 6.68. The molecule has 3 aromatic rings. The lowest BCUT2D eigenvalue weighted by Gasteiger charge is -2.26. The van der Waals surface area contributed by atoms with E-state index in [9.17, 15) is 9.59 Å². The SMILES string of the molecule is CC(Cl)(Cl)C(C(=O)Nc1ccc(Cl)c(NC(=O)c2ccccc2Cl)c1)c1cc(Cl)cc(Cl)c1. The molecular formula is C23H16Cl6N2O2. The quantitative estimate of drug-likeness (QED) is 0.295. The van der Waals surface area contributed by atoms with Crippen LogP contribution in [-0.2, 0) is 4.79 Å². The molecule has 2 N–H and O–H groups in total. The highest BCUT2D eigenvalue weighted by Crippen LogP contribution is 2.40. The van der Waals surface area contributed by atoms with E-state index >= 15 is 0 Å². The van der Waals surface area contributed by atoms with Gasteiger partial charge in [-0.2, -0.15) is 0 Å². The third kappa shape index (κ3) is 6.69. The molecule has 0 saturated carbocycles. The lowest BCUT2D eigenvalue weighted by molar-refractivity contribution is -0.117. The van der Waals surface area contributed by atoms with Gasteiger partial charge in [-0.3, -0.25) is 9.59 Å². The molecule has 3 aromatic carbocycles. The summed E-state index contributed by atoms with van der Waals surface area (Å²) in [5.41, 5.74) is 1.36. The highest BCUT2D eigenvalue weighted by molar-refractivity contribution is 6.50. The van der Waals surface area contributed by atoms with Gasteiger partial charge in [-0.15, -0.1) is 23.2 Å². The summed E-state index contributed by atoms with van der Waals surface area (Å²) in [5.74, 6) is -1.97. The van der Waals surface area contributed by atoms with Crippen molar-refractivity contribution < 1.29 is 9.59 Å². The highest BCUT2D eigenvalue weighted by Gasteiger charge is 2.37. The van der Waals surface area contributed by atoms with E-state index in [1.807, 2.05) is 0 Å². The first-order valence-corrected chi connectivity index (χ1v) is 11.7. The van der Waals surface area contributed by atoms with E-state index in [-0.39, 0.29) is 16.3 Å². The molecule has 0 aliphatic rings. The van der Waals surface area contributed by atoms with Crippen LogP contribution in [0, 0.1) is 0 Å². The molecule has 1 unspecified atom stereocenters. The van der Waals surface area contributed by atoms with Crippen LogP contribution in [0.1, 0.15) is 28.8 Å². The predicted molar refractivity (Wildman–Crippen MR) is 139 cm³/mol. The Bertz CT molecular complexity index is 1190. The summed E-state index contributed by atoms with van der Waals surface area (Å²) in [6.45, 7) is 1.49. The van der Waals surface area contributed by atoms with Gasteiger partial charge in [0.15, 0.2) is 0 Å². The summed E-state index contributed by atoms with van der Waals surface area (Å²) in [6.07, 6.45) is 0. The maximum Gasteiger partial charge on any atom is 0.257 e. The van der Waals surface area contributed by atoms with Crippen LogP contribution in [-0.4, -0.2) is 16.1 Å². The number of benzene rings is 3. The van der Waals surface area contributed by atoms with Gasteiger partial charge in [-0.1, -0.05) is 58.5 Å². The maximum absolute atomic E-state index is 13.2. The minimum Gasteiger partial charge on any atom is -0.325 e. The van der Waals surface area contributed by atoms with Crippen molar-refractivity contribution in [3.8, 4) is 0 Å². The monoisotopic (exact) mass is 562 g/mol. The van der Waals surface area contributed by atoms with Crippen LogP contribution < -0.4 is 10.6 Å². The number of anilines is 2. The predicted octanol–water partition coefficient (Wildman–Crippen LogP) is 8.47. The van der Waals surface area contributed by atoms with Crippen molar-refractivity contribution in [2.75, 3.05) is 10.6 Å². The summed E-state index contributed by atoms with van der Waals surface area (Å²) in [6, 6.07) is 15.9. The number of rotatable bonds is 6. The lowest BCUT2D eigenvalue weighted by Crippen LogP contribution is -2.32. The van der Waals surface area contributed by atoms with Gasteiger partial charge in [0.1, 0.15) is 4.33 Å². The molecule has 0 aliphatic heterocycles. The second kappa shape index (κ2) is 10.7. The molecule has 0 heterocycles. The Morgan fingerprint density at radius 3 is 2.06 bits per heavy atom. The minimum absolute atomic E-state index is 0.270. The van der Waals surface area contributed by atoms with E-state index in [4.69, 9.17) is 69.6 Å². The zero-order valence-electron chi connectivity index (χ0n) is 16.9. The zero-order chi connectivity index (χ0) is 24.3. The average molecular weight is 565 g/mol. The minimum atomic E-state index is -1.48. The first-order chi connectivity index (χ1) is 15.5. The molecule has 0 spiro atoms. The smallest absolute Gasteiger partial charge is 0.257 e. The molecule has 0 aromatic heterocycles. The van der Waals surface area contributed by atoms with Crippen molar-refractivity contribution in [2.45, 2.75) is 17.2 Å². The normalized spacial score (nSPS) is 12.2. The molecule has 4 nitrogen and oxygen atoms in total. The zero-order valence-corrected chi connectivity index (χ0v) is 21.5. The molecule has 1 atom stereocenters. The fraction of sp³-hybridized carbons (Fsp3) is 0.130. The van der Waals surface area contributed by atoms with Crippen LogP contribution >= 0.6 is 69.6 Å². The van der Waals surface area contributed by atoms with Crippen molar-refractivity contribution in [3.63, 3.8) is 0 Å². The number of carbonyl (C=O) groups excluding carboxylic acids is 2. The molecule has 3 rings (SSSR count). The van der Waals surface area contributed by atoms with Crippen molar-refractivity contribution in [3.05, 3.63) is 91.9 Å². The number of carbonyl (C=O) groups is 2. The topological polar surface area (TPSA) is 58.2 Å². The highest BCUT2D eigenvalue weighted by atomic mass is 35.5. The molecule has 0 fully saturated rings. The van der Waals surface area contributed by atoms with E-state index in [1.165, 1.54) is 25.1 Å². The largest absolute Gasteiger partial charge is 0.325 e. The third-order valence-electron chi connectivity index (χ3n) is 4.59. The van der Waals surface area contributed by atoms with Crippen LogP contribution in [0.3, 0.4) is 0 Å². The van der Waals surface area contributed by atoms with Crippen LogP contribution in [0.4, 0.5) is 11.4 Å². The molecule has 0 aliphatic carbocycles. The number of hydrogen-bond acceptors (Lipinski definition) is 2. The second-order valence-corrected chi connectivity index (χ2v) is 10.7. The molecule has 0 saturated heterocycles. The summed E-state index contributed by atoms with van der Waals surface area (Å²) < 4.78 is -1.48. The molecule has 33 heavy (non-hydrogen) atoms. The standard InChI is InChI=1S/C23H16Cl6N2O2/c1-23(28,29)20(12-8-13(24)10-14(25)9-12)22(33)30-15-6-7-18(27)19(11-15)31-21(32)16-4-2-3-5-17(16)26/h2-11,20H,1H3,(H,30,33)(H,31,32). The van der Waals surface area contributed by atoms with Crippen LogP contribution in [0.2, 0.25) is 20.1 Å². The molecular weight excluding hydrogens is 549 g/mol. The Hall–Kier alpha value is -1.66. The summed E-state index contributed by atoms with van der Waals surface area (Å²) in [4.78, 5) is 25.8. The van der Waals surface area contributed by atoms with Crippen molar-refractivity contribution >= 4 is 92.8 Å². The van der Waals surface area contributed by atoms with E-state index < -0.39 is 22.1 Å². The van der Waals surface area contributed by atoms with Gasteiger partial charge in [0.05, 0.1) is 27.2 Å². The third-order valence-corrected chi connectivity index (χ3v) is 6.12. The molecule has 0 bridgehead atoms. The van der Waals surface area contributed by atoms with Gasteiger partial charge in [-0.25, -0.2) is 0 Å². The van der Waals surface area contributed by atoms with E-state index in [0.717, 1.165) is 0 Å². The van der Waals surface area contributed by atoms with E-state index in [1.54, 1.807) is 42.5 Å². The molecule has 10 heteroatoms. The number of halogens is 6. The van der Waals surface area contributed by atoms with Gasteiger partial charge < -0.3 is 10.6 Å². The first-order valence-electron chi connectivity index (χ1n) is 9.46. The number of nitrogens with one attached hydrogen (secondary N) is 2. The number of alkyl halides is 2. The second-order valence-electron chi connectivity index (χ2n) is 7.21. The number of hydrogen-bond donors (Lipinski definition) is 2. The van der Waals surface area contributed by atoms with E-state index in [0.29, 0.717) is 26.3 Å². The summed E-state index contributed by atoms with van der Waals surface area (Å²) >= 11 is 37.2. The molecule has 0 radical (unpaired) electrons. The van der Waals surface area contributed by atoms with Crippen LogP contribution in [0.5, 0.6) is 0 Å². The Morgan fingerprint density at radius 1 is 0.818 bits per heavy atom. The van der Waals surface area contributed by atoms with Gasteiger partial charge in [0.25, 0.3) is 5.91 Å². The Labute approximate surface area is 221 Å². The summed E-state index contributed by atoms with van der Waals surface area (Å²) in [7, 11) is 0. The Balaban J connectivity index is 1.87. The Kier molecular flexibility index (Phi) is 8.44. The van der Waals surface area contributed by atoms with Gasteiger partial charge in [0, 0.05) is 15.7 Å². The number of amides is 2. The average Bonchev–Trinajstić information content (AvgIpc) is 2.69. The van der Waals surface area contributed by atoms with Gasteiger partial charge >= 0.3 is 0 Å². The van der Waals surface area contributed by atoms with Crippen molar-refractivity contribution in [1.29, 1.82) is 0 Å². The Morgan fingerprint density at radius 2 is 1.45 bits per heavy atom. The van der Waals surface area contributed by atoms with Gasteiger partial charge in [-0.05, 0) is 61.0 Å². The lowest BCUT2D eigenvalue weighted by atomic mass is 9.94. The fourth-order valence-electron chi connectivity index (χ4n) is 3.16. The van der Waals surface area contributed by atoms with Crippen molar-refractivity contribution in [1.82, 2.24) is 0 Å².